The SMILES string of the molecule is COc1ccc(CNc2cn[nH]c(=O)c2Br)cc1OCCN1CCN(Cc2ccc(Cl)cc2)CC1.O=S(=O)(O)O. The van der Waals surface area contributed by atoms with E-state index in [1.165, 1.54) is 5.56 Å². The Morgan fingerprint density at radius 1 is 1.05 bits per heavy atom. The number of halogens is 2. The van der Waals surface area contributed by atoms with Crippen LogP contribution in [0.15, 0.2) is 57.9 Å². The summed E-state index contributed by atoms with van der Waals surface area (Å²) < 4.78 is 43.6. The zero-order chi connectivity index (χ0) is 29.1. The standard InChI is InChI=1S/C25H29BrClN5O3.H2O4S/c1-34-22-7-4-19(15-28-21-16-29-30-25(33)24(21)26)14-23(22)35-13-12-31-8-10-32(11-9-31)17-18-2-5-20(27)6-3-18;1-5(2,3)4/h2-7,14,16H,8-13,15,17H2,1H3,(H2,28,30,33);(H2,1,2,3,4). The zero-order valence-electron chi connectivity index (χ0n) is 21.7. The normalized spacial score (nSPS) is 14.2. The first kappa shape index (κ1) is 31.8. The van der Waals surface area contributed by atoms with E-state index in [4.69, 9.17) is 38.6 Å². The Bertz CT molecular complexity index is 1390. The number of nitrogens with zero attached hydrogens (tertiary/aromatic N) is 3. The van der Waals surface area contributed by atoms with Gasteiger partial charge in [-0.25, -0.2) is 5.10 Å². The quantitative estimate of drug-likeness (QED) is 0.237. The molecule has 0 aliphatic carbocycles. The van der Waals surface area contributed by atoms with Gasteiger partial charge >= 0.3 is 10.4 Å². The highest BCUT2D eigenvalue weighted by atomic mass is 79.9. The second-order valence-electron chi connectivity index (χ2n) is 8.81. The van der Waals surface area contributed by atoms with Gasteiger partial charge in [-0.05, 0) is 51.3 Å². The maximum absolute atomic E-state index is 11.7. The summed E-state index contributed by atoms with van der Waals surface area (Å²) in [5, 5.41) is 10.2. The number of H-pyrrole nitrogens is 1. The lowest BCUT2D eigenvalue weighted by molar-refractivity contribution is 0.112. The van der Waals surface area contributed by atoms with Crippen LogP contribution in [0.1, 0.15) is 11.1 Å². The van der Waals surface area contributed by atoms with E-state index < -0.39 is 10.4 Å². The van der Waals surface area contributed by atoms with Crippen molar-refractivity contribution in [3.05, 3.63) is 79.6 Å². The summed E-state index contributed by atoms with van der Waals surface area (Å²) in [5.74, 6) is 1.40. The second-order valence-corrected chi connectivity index (χ2v) is 10.9. The van der Waals surface area contributed by atoms with Gasteiger partial charge < -0.3 is 14.8 Å². The number of nitrogens with one attached hydrogen (secondary N) is 2. The van der Waals surface area contributed by atoms with Crippen molar-refractivity contribution >= 4 is 43.6 Å². The molecule has 218 valence electrons. The molecule has 4 rings (SSSR count). The summed E-state index contributed by atoms with van der Waals surface area (Å²) in [6.45, 7) is 6.97. The lowest BCUT2D eigenvalue weighted by Gasteiger charge is -2.34. The van der Waals surface area contributed by atoms with E-state index in [0.717, 1.165) is 49.9 Å². The Morgan fingerprint density at radius 3 is 2.33 bits per heavy atom. The van der Waals surface area contributed by atoms with Crippen LogP contribution in [0.3, 0.4) is 0 Å². The van der Waals surface area contributed by atoms with Crippen molar-refractivity contribution in [2.45, 2.75) is 13.1 Å². The van der Waals surface area contributed by atoms with Crippen LogP contribution in [0.25, 0.3) is 0 Å². The van der Waals surface area contributed by atoms with Crippen LogP contribution < -0.4 is 20.3 Å². The van der Waals surface area contributed by atoms with Crippen molar-refractivity contribution in [3.8, 4) is 11.5 Å². The third kappa shape index (κ3) is 11.0. The lowest BCUT2D eigenvalue weighted by Crippen LogP contribution is -2.47. The van der Waals surface area contributed by atoms with Crippen molar-refractivity contribution in [2.75, 3.05) is 51.8 Å². The fourth-order valence-electron chi connectivity index (χ4n) is 3.95. The molecule has 0 spiro atoms. The summed E-state index contributed by atoms with van der Waals surface area (Å²) in [5.41, 5.74) is 2.64. The van der Waals surface area contributed by atoms with Gasteiger partial charge in [0.2, 0.25) is 0 Å². The van der Waals surface area contributed by atoms with Crippen LogP contribution in [0.2, 0.25) is 5.02 Å². The van der Waals surface area contributed by atoms with Crippen molar-refractivity contribution in [3.63, 3.8) is 0 Å². The van der Waals surface area contributed by atoms with Gasteiger partial charge in [0, 0.05) is 50.8 Å². The number of anilines is 1. The molecule has 2 heterocycles. The van der Waals surface area contributed by atoms with Gasteiger partial charge in [-0.3, -0.25) is 23.7 Å². The molecule has 3 aromatic rings. The molecule has 0 amide bonds. The number of benzene rings is 2. The maximum atomic E-state index is 11.7. The fraction of sp³-hybridized carbons (Fsp3) is 0.360. The molecule has 1 aromatic heterocycles. The van der Waals surface area contributed by atoms with E-state index >= 15 is 0 Å². The molecule has 1 aliphatic rings. The van der Waals surface area contributed by atoms with Gasteiger partial charge in [0.05, 0.1) is 19.0 Å². The first-order chi connectivity index (χ1) is 19.0. The van der Waals surface area contributed by atoms with Crippen molar-refractivity contribution in [1.29, 1.82) is 0 Å². The van der Waals surface area contributed by atoms with E-state index in [2.05, 4.69) is 53.4 Å². The predicted molar refractivity (Wildman–Crippen MR) is 156 cm³/mol. The van der Waals surface area contributed by atoms with E-state index in [1.54, 1.807) is 13.3 Å². The molecule has 0 radical (unpaired) electrons. The third-order valence-corrected chi connectivity index (χ3v) is 7.00. The van der Waals surface area contributed by atoms with Crippen LogP contribution >= 0.6 is 27.5 Å². The topological polar surface area (TPSA) is 157 Å². The minimum Gasteiger partial charge on any atom is -0.493 e. The van der Waals surface area contributed by atoms with E-state index in [0.29, 0.717) is 34.8 Å². The Hall–Kier alpha value is -2.72. The molecule has 0 bridgehead atoms. The number of piperazine rings is 1. The summed E-state index contributed by atoms with van der Waals surface area (Å²) in [6, 6.07) is 13.9. The minimum absolute atomic E-state index is 0.278. The molecule has 0 atom stereocenters. The molecule has 1 saturated heterocycles. The molecular weight excluding hydrogens is 630 g/mol. The first-order valence-corrected chi connectivity index (χ1v) is 14.7. The van der Waals surface area contributed by atoms with Crippen LogP contribution in [0.4, 0.5) is 5.69 Å². The Morgan fingerprint density at radius 2 is 1.68 bits per heavy atom. The third-order valence-electron chi connectivity index (χ3n) is 5.96. The van der Waals surface area contributed by atoms with Gasteiger partial charge in [-0.2, -0.15) is 13.5 Å². The average Bonchev–Trinajstić information content (AvgIpc) is 2.91. The fourth-order valence-corrected chi connectivity index (χ4v) is 4.41. The Kier molecular flexibility index (Phi) is 12.2. The second kappa shape index (κ2) is 15.3. The lowest BCUT2D eigenvalue weighted by atomic mass is 10.2. The number of hydrogen-bond acceptors (Lipinski definition) is 9. The van der Waals surface area contributed by atoms with Crippen molar-refractivity contribution < 1.29 is 27.0 Å². The molecule has 1 aliphatic heterocycles. The van der Waals surface area contributed by atoms with Crippen molar-refractivity contribution in [1.82, 2.24) is 20.0 Å². The number of methoxy groups -OCH3 is 1. The predicted octanol–water partition coefficient (Wildman–Crippen LogP) is 3.35. The molecule has 4 N–H and O–H groups in total. The molecule has 0 unspecified atom stereocenters. The Labute approximate surface area is 245 Å². The summed E-state index contributed by atoms with van der Waals surface area (Å²) in [7, 11) is -3.03. The molecule has 40 heavy (non-hydrogen) atoms. The highest BCUT2D eigenvalue weighted by Gasteiger charge is 2.17. The summed E-state index contributed by atoms with van der Waals surface area (Å²) >= 11 is 9.27. The summed E-state index contributed by atoms with van der Waals surface area (Å²) in [6.07, 6.45) is 1.57. The number of aromatic nitrogens is 2. The van der Waals surface area contributed by atoms with Gasteiger partial charge in [0.1, 0.15) is 11.1 Å². The van der Waals surface area contributed by atoms with E-state index in [-0.39, 0.29) is 5.56 Å². The molecular formula is C25H31BrClN5O7S. The molecule has 1 fully saturated rings. The van der Waals surface area contributed by atoms with Crippen molar-refractivity contribution in [2.24, 2.45) is 0 Å². The van der Waals surface area contributed by atoms with E-state index in [9.17, 15) is 4.79 Å². The van der Waals surface area contributed by atoms with Crippen LogP contribution in [-0.4, -0.2) is 84.0 Å². The zero-order valence-corrected chi connectivity index (χ0v) is 24.9. The number of aromatic amines is 1. The monoisotopic (exact) mass is 659 g/mol. The molecule has 2 aromatic carbocycles. The van der Waals surface area contributed by atoms with Gasteiger partial charge in [0.15, 0.2) is 11.5 Å². The van der Waals surface area contributed by atoms with Gasteiger partial charge in [-0.1, -0.05) is 29.8 Å². The van der Waals surface area contributed by atoms with E-state index in [1.807, 2.05) is 30.3 Å². The average molecular weight is 661 g/mol. The van der Waals surface area contributed by atoms with Gasteiger partial charge in [0.25, 0.3) is 5.56 Å². The molecule has 15 heteroatoms. The molecule has 0 saturated carbocycles. The Balaban J connectivity index is 0.000000810. The number of rotatable bonds is 10. The van der Waals surface area contributed by atoms with Crippen LogP contribution in [-0.2, 0) is 23.5 Å². The first-order valence-electron chi connectivity index (χ1n) is 12.2. The summed E-state index contributed by atoms with van der Waals surface area (Å²) in [4.78, 5) is 16.6. The van der Waals surface area contributed by atoms with Crippen LogP contribution in [0.5, 0.6) is 11.5 Å². The smallest absolute Gasteiger partial charge is 0.394 e. The van der Waals surface area contributed by atoms with Crippen LogP contribution in [0, 0.1) is 0 Å². The largest absolute Gasteiger partial charge is 0.493 e. The minimum atomic E-state index is -4.67. The van der Waals surface area contributed by atoms with Gasteiger partial charge in [-0.15, -0.1) is 0 Å². The number of hydrogen-bond donors (Lipinski definition) is 4. The number of ether oxygens (including phenoxy) is 2. The highest BCUT2D eigenvalue weighted by molar-refractivity contribution is 9.10. The highest BCUT2D eigenvalue weighted by Crippen LogP contribution is 2.29. The molecule has 12 nitrogen and oxygen atoms in total. The maximum Gasteiger partial charge on any atom is 0.394 e.